The van der Waals surface area contributed by atoms with Crippen LogP contribution in [0.2, 0.25) is 0 Å². The average Bonchev–Trinajstić information content (AvgIpc) is 2.44. The summed E-state index contributed by atoms with van der Waals surface area (Å²) in [5.74, 6) is 0.798. The Morgan fingerprint density at radius 1 is 1.19 bits per heavy atom. The Balaban J connectivity index is 2.85. The van der Waals surface area contributed by atoms with Gasteiger partial charge in [0.25, 0.3) is 0 Å². The molecule has 1 aromatic heterocycles. The number of aromatic nitrogens is 2. The van der Waals surface area contributed by atoms with Gasteiger partial charge in [-0.1, -0.05) is 20.8 Å². The van der Waals surface area contributed by atoms with E-state index in [0.717, 1.165) is 43.0 Å². The van der Waals surface area contributed by atoms with Crippen LogP contribution in [0.1, 0.15) is 63.3 Å². The molecule has 1 rings (SSSR count). The van der Waals surface area contributed by atoms with Crippen molar-refractivity contribution in [2.24, 2.45) is 0 Å². The summed E-state index contributed by atoms with van der Waals surface area (Å²) in [5, 5.41) is 3.45. The van der Waals surface area contributed by atoms with E-state index in [0.29, 0.717) is 6.04 Å². The van der Waals surface area contributed by atoms with Crippen LogP contribution in [0.4, 0.5) is 0 Å². The summed E-state index contributed by atoms with van der Waals surface area (Å²) < 4.78 is 5.61. The van der Waals surface area contributed by atoms with Crippen LogP contribution in [-0.4, -0.2) is 29.7 Å². The van der Waals surface area contributed by atoms with Crippen molar-refractivity contribution < 1.29 is 4.74 Å². The van der Waals surface area contributed by atoms with Gasteiger partial charge in [-0.15, -0.1) is 0 Å². The van der Waals surface area contributed by atoms with E-state index in [-0.39, 0.29) is 0 Å². The Bertz CT molecular complexity index is 430. The molecular formula is C17H31N3O. The van der Waals surface area contributed by atoms with Gasteiger partial charge in [0.05, 0.1) is 0 Å². The summed E-state index contributed by atoms with van der Waals surface area (Å²) in [5.41, 5.74) is 3.05. The molecule has 1 heterocycles. The molecule has 0 amide bonds. The second-order valence-electron chi connectivity index (χ2n) is 6.20. The van der Waals surface area contributed by atoms with Gasteiger partial charge in [0.15, 0.2) is 5.82 Å². The van der Waals surface area contributed by atoms with Crippen molar-refractivity contribution in [2.75, 3.05) is 13.7 Å². The number of hydrogen-bond donors (Lipinski definition) is 1. The highest BCUT2D eigenvalue weighted by Crippen LogP contribution is 2.26. The highest BCUT2D eigenvalue weighted by Gasteiger charge is 2.28. The van der Waals surface area contributed by atoms with Crippen LogP contribution in [0.5, 0.6) is 0 Å². The van der Waals surface area contributed by atoms with Crippen LogP contribution in [0.25, 0.3) is 0 Å². The predicted octanol–water partition coefficient (Wildman–Crippen LogP) is 3.30. The SMILES string of the molecule is CCC(C)(OC)c1nc(C)c(CCCNC(C)C)c(C)n1. The van der Waals surface area contributed by atoms with Gasteiger partial charge in [-0.2, -0.15) is 0 Å². The normalized spacial score (nSPS) is 14.5. The Morgan fingerprint density at radius 3 is 2.19 bits per heavy atom. The van der Waals surface area contributed by atoms with E-state index in [2.05, 4.69) is 39.9 Å². The topological polar surface area (TPSA) is 47.0 Å². The lowest BCUT2D eigenvalue weighted by atomic mass is 10.00. The highest BCUT2D eigenvalue weighted by atomic mass is 16.5. The van der Waals surface area contributed by atoms with Crippen LogP contribution in [0.15, 0.2) is 0 Å². The Kier molecular flexibility index (Phi) is 6.75. The zero-order valence-electron chi connectivity index (χ0n) is 14.7. The zero-order valence-corrected chi connectivity index (χ0v) is 14.7. The minimum absolute atomic E-state index is 0.396. The summed E-state index contributed by atoms with van der Waals surface area (Å²) in [4.78, 5) is 9.41. The molecule has 4 nitrogen and oxygen atoms in total. The summed E-state index contributed by atoms with van der Waals surface area (Å²) in [6.07, 6.45) is 2.99. The summed E-state index contributed by atoms with van der Waals surface area (Å²) in [7, 11) is 1.73. The van der Waals surface area contributed by atoms with E-state index < -0.39 is 5.60 Å². The van der Waals surface area contributed by atoms with Gasteiger partial charge in [0.2, 0.25) is 0 Å². The molecule has 1 unspecified atom stereocenters. The van der Waals surface area contributed by atoms with Gasteiger partial charge < -0.3 is 10.1 Å². The van der Waals surface area contributed by atoms with E-state index in [4.69, 9.17) is 14.7 Å². The third kappa shape index (κ3) is 4.75. The molecule has 1 aromatic rings. The zero-order chi connectivity index (χ0) is 16.0. The van der Waals surface area contributed by atoms with Gasteiger partial charge in [0, 0.05) is 24.5 Å². The fraction of sp³-hybridized carbons (Fsp3) is 0.765. The first-order valence-corrected chi connectivity index (χ1v) is 7.97. The number of methoxy groups -OCH3 is 1. The molecule has 1 atom stereocenters. The van der Waals surface area contributed by atoms with Crippen LogP contribution in [-0.2, 0) is 16.8 Å². The molecular weight excluding hydrogens is 262 g/mol. The van der Waals surface area contributed by atoms with E-state index >= 15 is 0 Å². The fourth-order valence-electron chi connectivity index (χ4n) is 2.39. The van der Waals surface area contributed by atoms with Crippen LogP contribution < -0.4 is 5.32 Å². The molecule has 4 heteroatoms. The Morgan fingerprint density at radius 2 is 1.76 bits per heavy atom. The Hall–Kier alpha value is -1.00. The third-order valence-corrected chi connectivity index (χ3v) is 4.18. The maximum atomic E-state index is 5.61. The first-order valence-electron chi connectivity index (χ1n) is 7.97. The highest BCUT2D eigenvalue weighted by molar-refractivity contribution is 5.25. The molecule has 0 aliphatic carbocycles. The molecule has 0 spiro atoms. The quantitative estimate of drug-likeness (QED) is 0.747. The first-order chi connectivity index (χ1) is 9.84. The van der Waals surface area contributed by atoms with Crippen LogP contribution in [0.3, 0.4) is 0 Å². The molecule has 120 valence electrons. The summed E-state index contributed by atoms with van der Waals surface area (Å²) in [6.45, 7) is 13.7. The molecule has 0 aliphatic heterocycles. The van der Waals surface area contributed by atoms with Crippen molar-refractivity contribution in [3.63, 3.8) is 0 Å². The van der Waals surface area contributed by atoms with Gasteiger partial charge in [0.1, 0.15) is 5.60 Å². The minimum Gasteiger partial charge on any atom is -0.371 e. The molecule has 0 bridgehead atoms. The van der Waals surface area contributed by atoms with Gasteiger partial charge in [-0.3, -0.25) is 0 Å². The maximum absolute atomic E-state index is 5.61. The van der Waals surface area contributed by atoms with Crippen molar-refractivity contribution >= 4 is 0 Å². The third-order valence-electron chi connectivity index (χ3n) is 4.18. The van der Waals surface area contributed by atoms with Gasteiger partial charge >= 0.3 is 0 Å². The number of rotatable bonds is 8. The lowest BCUT2D eigenvalue weighted by Crippen LogP contribution is -2.27. The molecule has 0 aliphatic rings. The standard InChI is InChI=1S/C17H31N3O/c1-8-17(6,21-7)16-19-13(4)15(14(5)20-16)10-9-11-18-12(2)3/h12,18H,8-11H2,1-7H3. The largest absolute Gasteiger partial charge is 0.371 e. The average molecular weight is 293 g/mol. The summed E-state index contributed by atoms with van der Waals surface area (Å²) >= 11 is 0. The van der Waals surface area contributed by atoms with E-state index in [9.17, 15) is 0 Å². The van der Waals surface area contributed by atoms with E-state index in [1.807, 2.05) is 6.92 Å². The van der Waals surface area contributed by atoms with Gasteiger partial charge in [-0.25, -0.2) is 9.97 Å². The molecule has 0 saturated heterocycles. The molecule has 0 radical (unpaired) electrons. The van der Waals surface area contributed by atoms with Crippen molar-refractivity contribution in [1.82, 2.24) is 15.3 Å². The van der Waals surface area contributed by atoms with Crippen LogP contribution in [0, 0.1) is 13.8 Å². The second kappa shape index (κ2) is 7.85. The number of nitrogens with one attached hydrogen (secondary N) is 1. The number of nitrogens with zero attached hydrogens (tertiary/aromatic N) is 2. The fourth-order valence-corrected chi connectivity index (χ4v) is 2.39. The minimum atomic E-state index is -0.396. The molecule has 0 aromatic carbocycles. The van der Waals surface area contributed by atoms with Crippen molar-refractivity contribution in [3.8, 4) is 0 Å². The number of aryl methyl sites for hydroxylation is 2. The molecule has 0 fully saturated rings. The van der Waals surface area contributed by atoms with E-state index in [1.54, 1.807) is 7.11 Å². The maximum Gasteiger partial charge on any atom is 0.160 e. The predicted molar refractivity (Wildman–Crippen MR) is 87.6 cm³/mol. The Labute approximate surface area is 129 Å². The molecule has 21 heavy (non-hydrogen) atoms. The molecule has 0 saturated carbocycles. The van der Waals surface area contributed by atoms with E-state index in [1.165, 1.54) is 5.56 Å². The molecule has 1 N–H and O–H groups in total. The van der Waals surface area contributed by atoms with Crippen molar-refractivity contribution in [3.05, 3.63) is 22.8 Å². The first kappa shape index (κ1) is 18.1. The van der Waals surface area contributed by atoms with Crippen molar-refractivity contribution in [1.29, 1.82) is 0 Å². The second-order valence-corrected chi connectivity index (χ2v) is 6.20. The number of ether oxygens (including phenoxy) is 1. The monoisotopic (exact) mass is 293 g/mol. The lowest BCUT2D eigenvalue weighted by molar-refractivity contribution is -0.00928. The smallest absolute Gasteiger partial charge is 0.160 e. The van der Waals surface area contributed by atoms with Crippen molar-refractivity contribution in [2.45, 2.75) is 72.4 Å². The number of hydrogen-bond acceptors (Lipinski definition) is 4. The van der Waals surface area contributed by atoms with Crippen LogP contribution >= 0.6 is 0 Å². The lowest BCUT2D eigenvalue weighted by Gasteiger charge is -2.26. The summed E-state index contributed by atoms with van der Waals surface area (Å²) in [6, 6.07) is 0.540. The van der Waals surface area contributed by atoms with Gasteiger partial charge in [-0.05, 0) is 52.1 Å².